The van der Waals surface area contributed by atoms with E-state index in [9.17, 15) is 8.42 Å². The van der Waals surface area contributed by atoms with Crippen LogP contribution >= 0.6 is 12.0 Å². The van der Waals surface area contributed by atoms with E-state index in [-0.39, 0.29) is 13.0 Å². The van der Waals surface area contributed by atoms with Gasteiger partial charge in [0.05, 0.1) is 41.5 Å². The Morgan fingerprint density at radius 1 is 1.11 bits per heavy atom. The van der Waals surface area contributed by atoms with Gasteiger partial charge in [-0.3, -0.25) is 4.55 Å². The molecule has 0 radical (unpaired) electrons. The van der Waals surface area contributed by atoms with Gasteiger partial charge in [-0.2, -0.15) is 18.6 Å². The molecule has 2 rings (SSSR count). The Hall–Kier alpha value is -2.22. The zero-order valence-corrected chi connectivity index (χ0v) is 15.5. The third kappa shape index (κ3) is 7.90. The highest BCUT2D eigenvalue weighted by Crippen LogP contribution is 2.29. The molecule has 0 saturated heterocycles. The molecule has 0 heterocycles. The SMILES string of the molecule is Nc1ccc(N=Nc2cccc(SOOO)c2)cc1OCCCS(=O)(=O)O. The van der Waals surface area contributed by atoms with Gasteiger partial charge in [0.25, 0.3) is 10.1 Å². The summed E-state index contributed by atoms with van der Waals surface area (Å²) >= 11 is 0.803. The lowest BCUT2D eigenvalue weighted by atomic mass is 10.2. The van der Waals surface area contributed by atoms with Crippen molar-refractivity contribution in [2.75, 3.05) is 18.1 Å². The van der Waals surface area contributed by atoms with Gasteiger partial charge in [-0.1, -0.05) is 11.1 Å². The fraction of sp³-hybridized carbons (Fsp3) is 0.200. The highest BCUT2D eigenvalue weighted by Gasteiger charge is 2.06. The van der Waals surface area contributed by atoms with Crippen LogP contribution in [0.5, 0.6) is 5.75 Å². The van der Waals surface area contributed by atoms with E-state index in [1.807, 2.05) is 0 Å². The fourth-order valence-electron chi connectivity index (χ4n) is 1.90. The van der Waals surface area contributed by atoms with Crippen LogP contribution in [0.2, 0.25) is 0 Å². The molecule has 0 unspecified atom stereocenters. The first-order chi connectivity index (χ1) is 12.9. The van der Waals surface area contributed by atoms with E-state index in [1.165, 1.54) is 0 Å². The molecule has 0 aliphatic carbocycles. The third-order valence-electron chi connectivity index (χ3n) is 3.06. The largest absolute Gasteiger partial charge is 0.491 e. The first-order valence-corrected chi connectivity index (χ1v) is 9.86. The number of nitrogen functional groups attached to an aromatic ring is 1. The monoisotopic (exact) mass is 415 g/mol. The second-order valence-corrected chi connectivity index (χ2v) is 7.48. The minimum Gasteiger partial charge on any atom is -0.491 e. The van der Waals surface area contributed by atoms with E-state index in [1.54, 1.807) is 42.5 Å². The third-order valence-corrected chi connectivity index (χ3v) is 4.44. The molecule has 12 heteroatoms. The number of hydrogen-bond donors (Lipinski definition) is 3. The molecule has 0 aliphatic rings. The summed E-state index contributed by atoms with van der Waals surface area (Å²) in [5.41, 5.74) is 7.19. The van der Waals surface area contributed by atoms with Gasteiger partial charge in [-0.15, -0.1) is 4.33 Å². The number of benzene rings is 2. The maximum absolute atomic E-state index is 10.7. The van der Waals surface area contributed by atoms with Gasteiger partial charge >= 0.3 is 0 Å². The van der Waals surface area contributed by atoms with Crippen molar-refractivity contribution in [3.63, 3.8) is 0 Å². The quantitative estimate of drug-likeness (QED) is 0.100. The first-order valence-electron chi connectivity index (χ1n) is 7.51. The molecule has 0 saturated carbocycles. The van der Waals surface area contributed by atoms with Crippen molar-refractivity contribution in [2.45, 2.75) is 11.3 Å². The predicted octanol–water partition coefficient (Wildman–Crippen LogP) is 3.77. The van der Waals surface area contributed by atoms with Crippen LogP contribution in [0.25, 0.3) is 0 Å². The Balaban J connectivity index is 2.01. The molecule has 2 aromatic carbocycles. The van der Waals surface area contributed by atoms with Gasteiger partial charge in [0, 0.05) is 11.0 Å². The van der Waals surface area contributed by atoms with Crippen LogP contribution in [-0.4, -0.2) is 30.6 Å². The van der Waals surface area contributed by atoms with Crippen LogP contribution < -0.4 is 10.5 Å². The lowest BCUT2D eigenvalue weighted by Crippen LogP contribution is -2.09. The molecular formula is C15H17N3O7S2. The minimum atomic E-state index is -4.02. The van der Waals surface area contributed by atoms with Gasteiger partial charge in [-0.05, 0) is 36.8 Å². The van der Waals surface area contributed by atoms with Gasteiger partial charge < -0.3 is 10.5 Å². The zero-order chi connectivity index (χ0) is 19.7. The molecule has 146 valence electrons. The highest BCUT2D eigenvalue weighted by atomic mass is 32.2. The molecule has 0 bridgehead atoms. The Morgan fingerprint density at radius 2 is 1.85 bits per heavy atom. The smallest absolute Gasteiger partial charge is 0.264 e. The second kappa shape index (κ2) is 10.2. The van der Waals surface area contributed by atoms with E-state index in [0.717, 1.165) is 12.0 Å². The highest BCUT2D eigenvalue weighted by molar-refractivity contribution is 7.94. The Kier molecular flexibility index (Phi) is 7.97. The lowest BCUT2D eigenvalue weighted by molar-refractivity contribution is -0.432. The van der Waals surface area contributed by atoms with Crippen LogP contribution in [0.4, 0.5) is 17.1 Å². The summed E-state index contributed by atoms with van der Waals surface area (Å²) in [6.07, 6.45) is 0.119. The maximum atomic E-state index is 10.7. The Morgan fingerprint density at radius 3 is 2.56 bits per heavy atom. The summed E-state index contributed by atoms with van der Waals surface area (Å²) in [6, 6.07) is 11.6. The van der Waals surface area contributed by atoms with Crippen molar-refractivity contribution >= 4 is 39.2 Å². The number of nitrogens with two attached hydrogens (primary N) is 1. The van der Waals surface area contributed by atoms with Crippen molar-refractivity contribution in [1.29, 1.82) is 0 Å². The van der Waals surface area contributed by atoms with E-state index >= 15 is 0 Å². The lowest BCUT2D eigenvalue weighted by Gasteiger charge is -2.08. The summed E-state index contributed by atoms with van der Waals surface area (Å²) < 4.78 is 39.8. The first kappa shape index (κ1) is 21.1. The van der Waals surface area contributed by atoms with Crippen molar-refractivity contribution in [1.82, 2.24) is 0 Å². The van der Waals surface area contributed by atoms with Gasteiger partial charge in [0.2, 0.25) is 0 Å². The predicted molar refractivity (Wildman–Crippen MR) is 98.7 cm³/mol. The van der Waals surface area contributed by atoms with Crippen molar-refractivity contribution in [2.24, 2.45) is 10.2 Å². The number of azo groups is 1. The Labute approximate surface area is 159 Å². The summed E-state index contributed by atoms with van der Waals surface area (Å²) in [7, 11) is -4.02. The molecule has 0 aromatic heterocycles. The molecule has 0 atom stereocenters. The molecule has 0 aliphatic heterocycles. The van der Waals surface area contributed by atoms with Gasteiger partial charge in [0.1, 0.15) is 5.75 Å². The van der Waals surface area contributed by atoms with Crippen LogP contribution in [0.15, 0.2) is 57.6 Å². The van der Waals surface area contributed by atoms with Crippen LogP contribution in [0, 0.1) is 0 Å². The number of ether oxygens (including phenoxy) is 1. The summed E-state index contributed by atoms with van der Waals surface area (Å²) in [6.45, 7) is 0.0663. The topological polar surface area (TPSA) is 153 Å². The van der Waals surface area contributed by atoms with E-state index < -0.39 is 15.9 Å². The van der Waals surface area contributed by atoms with Crippen molar-refractivity contribution in [3.05, 3.63) is 42.5 Å². The number of hydrogen-bond acceptors (Lipinski definition) is 10. The van der Waals surface area contributed by atoms with Crippen LogP contribution in [-0.2, 0) is 19.5 Å². The molecule has 0 amide bonds. The van der Waals surface area contributed by atoms with Gasteiger partial charge in [0.15, 0.2) is 0 Å². The molecule has 27 heavy (non-hydrogen) atoms. The molecular weight excluding hydrogens is 398 g/mol. The summed E-state index contributed by atoms with van der Waals surface area (Å²) in [4.78, 5) is 0.640. The molecule has 10 nitrogen and oxygen atoms in total. The molecule has 2 aromatic rings. The molecule has 4 N–H and O–H groups in total. The minimum absolute atomic E-state index is 0.0663. The Bertz CT molecular complexity index is 891. The average molecular weight is 415 g/mol. The number of nitrogens with zero attached hydrogens (tertiary/aromatic N) is 2. The summed E-state index contributed by atoms with van der Waals surface area (Å²) in [5.74, 6) is -0.0642. The maximum Gasteiger partial charge on any atom is 0.264 e. The fourth-order valence-corrected chi connectivity index (χ4v) is 2.80. The molecule has 0 spiro atoms. The second-order valence-electron chi connectivity index (χ2n) is 5.13. The summed E-state index contributed by atoms with van der Waals surface area (Å²) in [5, 5.41) is 19.9. The van der Waals surface area contributed by atoms with Crippen LogP contribution in [0.3, 0.4) is 0 Å². The average Bonchev–Trinajstić information content (AvgIpc) is 2.63. The van der Waals surface area contributed by atoms with Crippen molar-refractivity contribution in [3.8, 4) is 5.75 Å². The van der Waals surface area contributed by atoms with Gasteiger partial charge in [-0.25, -0.2) is 5.26 Å². The number of anilines is 1. The van der Waals surface area contributed by atoms with E-state index in [0.29, 0.717) is 27.7 Å². The van der Waals surface area contributed by atoms with Crippen molar-refractivity contribution < 1.29 is 32.3 Å². The van der Waals surface area contributed by atoms with E-state index in [4.69, 9.17) is 20.3 Å². The number of rotatable bonds is 10. The van der Waals surface area contributed by atoms with E-state index in [2.05, 4.69) is 19.6 Å². The zero-order valence-electron chi connectivity index (χ0n) is 13.9. The normalized spacial score (nSPS) is 11.8. The standard InChI is InChI=1S/C15H17N3O7S2/c16-14-6-5-12(10-15(14)23-7-2-8-27(20,21)22)18-17-11-3-1-4-13(9-11)26-25-24-19/h1,3-6,9-10,19H,2,7-8,16H2,(H,20,21,22). The van der Waals surface area contributed by atoms with Crippen LogP contribution in [0.1, 0.15) is 6.42 Å². The molecule has 0 fully saturated rings.